The van der Waals surface area contributed by atoms with Crippen molar-refractivity contribution >= 4 is 40.7 Å². The van der Waals surface area contributed by atoms with E-state index in [9.17, 15) is 9.59 Å². The molecule has 1 aromatic carbocycles. The zero-order valence-electron chi connectivity index (χ0n) is 13.5. The van der Waals surface area contributed by atoms with Crippen LogP contribution in [-0.4, -0.2) is 54.8 Å². The third-order valence-corrected chi connectivity index (χ3v) is 5.48. The minimum Gasteiger partial charge on any atom is -0.347 e. The van der Waals surface area contributed by atoms with Crippen LogP contribution in [0.1, 0.15) is 19.3 Å². The second kappa shape index (κ2) is 6.52. The number of halogens is 2. The average molecular weight is 385 g/mol. The van der Waals surface area contributed by atoms with E-state index in [0.717, 1.165) is 0 Å². The number of carbonyl (C=O) groups is 2. The fourth-order valence-corrected chi connectivity index (χ4v) is 4.32. The van der Waals surface area contributed by atoms with E-state index < -0.39 is 11.8 Å². The quantitative estimate of drug-likeness (QED) is 0.733. The zero-order valence-corrected chi connectivity index (χ0v) is 15.1. The molecular formula is C17H18Cl2N2O4. The van der Waals surface area contributed by atoms with Gasteiger partial charge < -0.3 is 9.47 Å². The van der Waals surface area contributed by atoms with Gasteiger partial charge in [-0.15, -0.1) is 0 Å². The molecule has 0 bridgehead atoms. The second-order valence-electron chi connectivity index (χ2n) is 6.56. The minimum absolute atomic E-state index is 0.164. The third-order valence-electron chi connectivity index (χ3n) is 5.04. The van der Waals surface area contributed by atoms with Crippen molar-refractivity contribution in [3.8, 4) is 0 Å². The molecule has 0 aliphatic carbocycles. The lowest BCUT2D eigenvalue weighted by Gasteiger charge is -2.39. The van der Waals surface area contributed by atoms with Crippen molar-refractivity contribution in [3.05, 3.63) is 28.2 Å². The summed E-state index contributed by atoms with van der Waals surface area (Å²) in [6.45, 7) is 2.55. The van der Waals surface area contributed by atoms with Gasteiger partial charge in [0.2, 0.25) is 5.91 Å². The number of carbonyl (C=O) groups excluding carboxylic acids is 2. The Bertz CT molecular complexity index is 690. The van der Waals surface area contributed by atoms with Gasteiger partial charge in [-0.25, -0.2) is 4.90 Å². The fraction of sp³-hybridized carbons (Fsp3) is 0.529. The molecule has 1 atom stereocenters. The molecule has 0 unspecified atom stereocenters. The molecule has 2 amide bonds. The van der Waals surface area contributed by atoms with Crippen LogP contribution in [0.15, 0.2) is 18.2 Å². The Kier molecular flexibility index (Phi) is 4.50. The summed E-state index contributed by atoms with van der Waals surface area (Å²) in [5.74, 6) is -0.961. The molecular weight excluding hydrogens is 367 g/mol. The first-order valence-electron chi connectivity index (χ1n) is 8.32. The molecule has 0 saturated carbocycles. The maximum Gasteiger partial charge on any atom is 0.251 e. The van der Waals surface area contributed by atoms with Crippen LogP contribution >= 0.6 is 23.2 Å². The van der Waals surface area contributed by atoms with Crippen LogP contribution in [-0.2, 0) is 19.1 Å². The number of ether oxygens (including phenoxy) is 2. The zero-order chi connectivity index (χ0) is 17.6. The predicted octanol–water partition coefficient (Wildman–Crippen LogP) is 2.46. The minimum atomic E-state index is -0.498. The Morgan fingerprint density at radius 2 is 1.60 bits per heavy atom. The van der Waals surface area contributed by atoms with Gasteiger partial charge >= 0.3 is 0 Å². The Balaban J connectivity index is 1.50. The number of anilines is 1. The van der Waals surface area contributed by atoms with E-state index in [0.29, 0.717) is 54.9 Å². The Labute approximate surface area is 155 Å². The predicted molar refractivity (Wildman–Crippen MR) is 92.8 cm³/mol. The van der Waals surface area contributed by atoms with Crippen molar-refractivity contribution in [3.63, 3.8) is 0 Å². The molecule has 3 saturated heterocycles. The average Bonchev–Trinajstić information content (AvgIpc) is 3.12. The summed E-state index contributed by atoms with van der Waals surface area (Å²) in [5, 5.41) is 0.781. The van der Waals surface area contributed by atoms with Gasteiger partial charge in [0, 0.05) is 36.0 Å². The maximum absolute atomic E-state index is 12.9. The van der Waals surface area contributed by atoms with Crippen molar-refractivity contribution in [1.29, 1.82) is 0 Å². The highest BCUT2D eigenvalue weighted by molar-refractivity contribution is 6.35. The first kappa shape index (κ1) is 17.2. The molecule has 134 valence electrons. The van der Waals surface area contributed by atoms with Gasteiger partial charge in [0.15, 0.2) is 5.79 Å². The van der Waals surface area contributed by atoms with Crippen molar-refractivity contribution in [2.45, 2.75) is 31.1 Å². The number of imide groups is 1. The van der Waals surface area contributed by atoms with E-state index in [-0.39, 0.29) is 18.2 Å². The monoisotopic (exact) mass is 384 g/mol. The van der Waals surface area contributed by atoms with Crippen LogP contribution in [0.3, 0.4) is 0 Å². The number of piperidine rings is 1. The van der Waals surface area contributed by atoms with Crippen molar-refractivity contribution in [1.82, 2.24) is 4.90 Å². The standard InChI is InChI=1S/C17H18Cl2N2O4/c18-11-7-12(19)9-13(8-11)21-15(22)10-14(16(21)23)20-3-1-17(2-4-20)24-5-6-25-17/h7-9,14H,1-6,10H2/t14-/m1/s1. The Hall–Kier alpha value is -1.18. The van der Waals surface area contributed by atoms with Gasteiger partial charge in [-0.05, 0) is 18.2 Å². The molecule has 0 radical (unpaired) electrons. The first-order valence-corrected chi connectivity index (χ1v) is 9.08. The molecule has 1 aromatic rings. The summed E-state index contributed by atoms with van der Waals surface area (Å²) in [4.78, 5) is 28.6. The molecule has 25 heavy (non-hydrogen) atoms. The first-order chi connectivity index (χ1) is 12.0. The number of rotatable bonds is 2. The van der Waals surface area contributed by atoms with Crippen LogP contribution in [0.25, 0.3) is 0 Å². The van der Waals surface area contributed by atoms with Crippen molar-refractivity contribution in [2.24, 2.45) is 0 Å². The smallest absolute Gasteiger partial charge is 0.251 e. The summed E-state index contributed by atoms with van der Waals surface area (Å²) in [7, 11) is 0. The normalized spacial score (nSPS) is 26.8. The van der Waals surface area contributed by atoms with E-state index >= 15 is 0 Å². The van der Waals surface area contributed by atoms with Crippen LogP contribution in [0.2, 0.25) is 10.0 Å². The Morgan fingerprint density at radius 3 is 2.20 bits per heavy atom. The maximum atomic E-state index is 12.9. The van der Waals surface area contributed by atoms with Crippen LogP contribution < -0.4 is 4.90 Å². The molecule has 0 N–H and O–H groups in total. The van der Waals surface area contributed by atoms with Crippen LogP contribution in [0.4, 0.5) is 5.69 Å². The molecule has 0 aromatic heterocycles. The van der Waals surface area contributed by atoms with Crippen molar-refractivity contribution < 1.29 is 19.1 Å². The second-order valence-corrected chi connectivity index (χ2v) is 7.43. The number of benzene rings is 1. The van der Waals surface area contributed by atoms with Gasteiger partial charge in [-0.2, -0.15) is 0 Å². The summed E-state index contributed by atoms with van der Waals surface area (Å²) in [6, 6.07) is 4.28. The summed E-state index contributed by atoms with van der Waals surface area (Å²) >= 11 is 12.0. The third kappa shape index (κ3) is 3.17. The number of hydrogen-bond donors (Lipinski definition) is 0. The van der Waals surface area contributed by atoms with E-state index in [1.807, 2.05) is 4.90 Å². The van der Waals surface area contributed by atoms with E-state index in [1.165, 1.54) is 4.90 Å². The summed E-state index contributed by atoms with van der Waals surface area (Å²) in [6.07, 6.45) is 1.57. The van der Waals surface area contributed by atoms with Crippen LogP contribution in [0, 0.1) is 0 Å². The molecule has 1 spiro atoms. The van der Waals surface area contributed by atoms with E-state index in [4.69, 9.17) is 32.7 Å². The van der Waals surface area contributed by atoms with Gasteiger partial charge in [-0.3, -0.25) is 14.5 Å². The lowest BCUT2D eigenvalue weighted by atomic mass is 10.0. The van der Waals surface area contributed by atoms with Crippen LogP contribution in [0.5, 0.6) is 0 Å². The fourth-order valence-electron chi connectivity index (χ4n) is 3.80. The number of nitrogens with zero attached hydrogens (tertiary/aromatic N) is 2. The summed E-state index contributed by atoms with van der Waals surface area (Å²) < 4.78 is 11.4. The van der Waals surface area contributed by atoms with E-state index in [1.54, 1.807) is 18.2 Å². The number of likely N-dealkylation sites (tertiary alicyclic amines) is 1. The highest BCUT2D eigenvalue weighted by atomic mass is 35.5. The topological polar surface area (TPSA) is 59.1 Å². The lowest BCUT2D eigenvalue weighted by molar-refractivity contribution is -0.188. The van der Waals surface area contributed by atoms with Gasteiger partial charge in [-0.1, -0.05) is 23.2 Å². The molecule has 8 heteroatoms. The molecule has 3 aliphatic heterocycles. The SMILES string of the molecule is O=C1C[C@@H](N2CCC3(CC2)OCCO3)C(=O)N1c1cc(Cl)cc(Cl)c1. The van der Waals surface area contributed by atoms with Gasteiger partial charge in [0.25, 0.3) is 5.91 Å². The summed E-state index contributed by atoms with van der Waals surface area (Å²) in [5.41, 5.74) is 0.422. The highest BCUT2D eigenvalue weighted by Crippen LogP contribution is 2.35. The van der Waals surface area contributed by atoms with E-state index in [2.05, 4.69) is 0 Å². The molecule has 4 rings (SSSR count). The Morgan fingerprint density at radius 1 is 1.00 bits per heavy atom. The molecule has 3 fully saturated rings. The lowest BCUT2D eigenvalue weighted by Crippen LogP contribution is -2.51. The number of amides is 2. The molecule has 6 nitrogen and oxygen atoms in total. The molecule has 3 heterocycles. The van der Waals surface area contributed by atoms with Gasteiger partial charge in [0.05, 0.1) is 31.4 Å². The number of hydrogen-bond acceptors (Lipinski definition) is 5. The largest absolute Gasteiger partial charge is 0.347 e. The van der Waals surface area contributed by atoms with Gasteiger partial charge in [0.1, 0.15) is 0 Å². The molecule has 3 aliphatic rings. The highest BCUT2D eigenvalue weighted by Gasteiger charge is 2.47. The van der Waals surface area contributed by atoms with Crippen molar-refractivity contribution in [2.75, 3.05) is 31.2 Å².